The Bertz CT molecular complexity index is 739. The first-order chi connectivity index (χ1) is 11.7. The summed E-state index contributed by atoms with van der Waals surface area (Å²) >= 11 is 0. The topological polar surface area (TPSA) is 0 Å². The Morgan fingerprint density at radius 1 is 0.893 bits per heavy atom. The van der Waals surface area contributed by atoms with E-state index < -0.39 is 8.80 Å². The molecule has 2 aromatic rings. The fraction of sp³-hybridized carbons (Fsp3) is 0.261. The van der Waals surface area contributed by atoms with E-state index in [1.165, 1.54) is 12.8 Å². The Hall–Kier alpha value is -0.409. The second-order valence-electron chi connectivity index (χ2n) is 7.48. The van der Waals surface area contributed by atoms with Crippen molar-refractivity contribution >= 4 is 19.2 Å². The van der Waals surface area contributed by atoms with E-state index in [9.17, 15) is 0 Å². The van der Waals surface area contributed by atoms with Gasteiger partial charge in [-0.15, -0.1) is 19.1 Å². The SMILES string of the molecule is C[C-]1C2=CC=CCC2CC1(C)[SiH](c1ccccc1)c1ccccc1.[Cl-].[Cl-].[Cl-].[Ti+4]. The molecular formula is C23H25Cl3SiTi. The van der Waals surface area contributed by atoms with Crippen LogP contribution in [0.15, 0.2) is 84.5 Å². The number of benzene rings is 2. The van der Waals surface area contributed by atoms with Crippen LogP contribution < -0.4 is 47.6 Å². The van der Waals surface area contributed by atoms with Gasteiger partial charge in [-0.3, -0.25) is 0 Å². The predicted molar refractivity (Wildman–Crippen MR) is 107 cm³/mol. The third kappa shape index (κ3) is 5.01. The van der Waals surface area contributed by atoms with Gasteiger partial charge in [0.2, 0.25) is 0 Å². The van der Waals surface area contributed by atoms with Crippen LogP contribution in [0.2, 0.25) is 5.04 Å². The van der Waals surface area contributed by atoms with E-state index in [2.05, 4.69) is 92.7 Å². The number of rotatable bonds is 3. The van der Waals surface area contributed by atoms with Gasteiger partial charge in [0.1, 0.15) is 0 Å². The summed E-state index contributed by atoms with van der Waals surface area (Å²) in [6.45, 7) is 4.94. The molecule has 1 fully saturated rings. The minimum absolute atomic E-state index is 0. The summed E-state index contributed by atoms with van der Waals surface area (Å²) < 4.78 is 0. The molecular weight excluding hydrogens is 459 g/mol. The minimum atomic E-state index is -1.36. The maximum atomic E-state index is 2.54. The molecule has 2 aliphatic rings. The van der Waals surface area contributed by atoms with Gasteiger partial charge in [-0.1, -0.05) is 89.4 Å². The first kappa shape index (κ1) is 27.6. The fourth-order valence-corrected chi connectivity index (χ4v) is 9.04. The van der Waals surface area contributed by atoms with E-state index >= 15 is 0 Å². The molecule has 2 unspecified atom stereocenters. The van der Waals surface area contributed by atoms with Crippen molar-refractivity contribution in [3.05, 3.63) is 90.4 Å². The number of fused-ring (bicyclic) bond motifs is 1. The van der Waals surface area contributed by atoms with E-state index in [0.717, 1.165) is 5.92 Å². The Kier molecular flexibility index (Phi) is 11.5. The van der Waals surface area contributed by atoms with Crippen molar-refractivity contribution in [3.8, 4) is 0 Å². The maximum Gasteiger partial charge on any atom is 4.00 e. The number of hydrogen-bond acceptors (Lipinski definition) is 0. The predicted octanol–water partition coefficient (Wildman–Crippen LogP) is -4.70. The molecule has 2 aliphatic carbocycles. The summed E-state index contributed by atoms with van der Waals surface area (Å²) in [5.41, 5.74) is 1.62. The summed E-state index contributed by atoms with van der Waals surface area (Å²) in [4.78, 5) is 0. The van der Waals surface area contributed by atoms with Crippen molar-refractivity contribution in [3.63, 3.8) is 0 Å². The van der Waals surface area contributed by atoms with Crippen LogP contribution in [0, 0.1) is 11.8 Å². The largest absolute Gasteiger partial charge is 4.00 e. The van der Waals surface area contributed by atoms with Crippen LogP contribution in [0.3, 0.4) is 0 Å². The van der Waals surface area contributed by atoms with Gasteiger partial charge >= 0.3 is 21.7 Å². The van der Waals surface area contributed by atoms with Gasteiger partial charge in [0.15, 0.2) is 0 Å². The van der Waals surface area contributed by atoms with Crippen molar-refractivity contribution < 1.29 is 58.9 Å². The molecule has 2 atom stereocenters. The van der Waals surface area contributed by atoms with Crippen LogP contribution in [-0.2, 0) is 21.7 Å². The molecule has 0 aromatic heterocycles. The molecule has 4 rings (SSSR count). The molecule has 1 saturated carbocycles. The monoisotopic (exact) mass is 482 g/mol. The van der Waals surface area contributed by atoms with Crippen molar-refractivity contribution in [2.75, 3.05) is 0 Å². The second-order valence-corrected chi connectivity index (χ2v) is 11.0. The molecule has 28 heavy (non-hydrogen) atoms. The van der Waals surface area contributed by atoms with Gasteiger partial charge in [0, 0.05) is 0 Å². The molecule has 0 bridgehead atoms. The average Bonchev–Trinajstić information content (AvgIpc) is 2.89. The van der Waals surface area contributed by atoms with Gasteiger partial charge in [-0.05, 0) is 12.3 Å². The van der Waals surface area contributed by atoms with E-state index in [1.807, 2.05) is 0 Å². The van der Waals surface area contributed by atoms with Crippen LogP contribution in [0.1, 0.15) is 26.7 Å². The third-order valence-corrected chi connectivity index (χ3v) is 10.2. The molecule has 5 heteroatoms. The van der Waals surface area contributed by atoms with Gasteiger partial charge < -0.3 is 37.2 Å². The van der Waals surface area contributed by atoms with Crippen molar-refractivity contribution in [1.82, 2.24) is 0 Å². The van der Waals surface area contributed by atoms with Gasteiger partial charge in [-0.2, -0.15) is 0 Å². The van der Waals surface area contributed by atoms with Crippen LogP contribution in [0.25, 0.3) is 0 Å². The van der Waals surface area contributed by atoms with Gasteiger partial charge in [0.05, 0.1) is 8.80 Å². The van der Waals surface area contributed by atoms with Gasteiger partial charge in [-0.25, -0.2) is 17.6 Å². The Labute approximate surface area is 205 Å². The van der Waals surface area contributed by atoms with Crippen molar-refractivity contribution in [2.24, 2.45) is 5.92 Å². The quantitative estimate of drug-likeness (QED) is 0.304. The Morgan fingerprint density at radius 3 is 1.86 bits per heavy atom. The molecule has 0 N–H and O–H groups in total. The smallest absolute Gasteiger partial charge is 1.00 e. The second kappa shape index (κ2) is 11.7. The zero-order valence-corrected chi connectivity index (χ0v) is 21.2. The van der Waals surface area contributed by atoms with Crippen LogP contribution in [-0.4, -0.2) is 8.80 Å². The molecule has 0 amide bonds. The number of hydrogen-bond donors (Lipinski definition) is 0. The fourth-order valence-electron chi connectivity index (χ4n) is 4.85. The van der Waals surface area contributed by atoms with E-state index in [0.29, 0.717) is 5.04 Å². The summed E-state index contributed by atoms with van der Waals surface area (Å²) in [6, 6.07) is 22.5. The maximum absolute atomic E-state index is 2.54. The molecule has 2 aromatic carbocycles. The molecule has 0 heterocycles. The average molecular weight is 484 g/mol. The summed E-state index contributed by atoms with van der Waals surface area (Å²) in [5, 5.41) is 3.45. The summed E-state index contributed by atoms with van der Waals surface area (Å²) in [6.07, 6.45) is 9.48. The van der Waals surface area contributed by atoms with Crippen molar-refractivity contribution in [1.29, 1.82) is 0 Å². The van der Waals surface area contributed by atoms with E-state index in [4.69, 9.17) is 0 Å². The summed E-state index contributed by atoms with van der Waals surface area (Å²) in [7, 11) is -1.36. The molecule has 0 spiro atoms. The molecule has 146 valence electrons. The Morgan fingerprint density at radius 2 is 1.39 bits per heavy atom. The van der Waals surface area contributed by atoms with E-state index in [-0.39, 0.29) is 58.9 Å². The van der Waals surface area contributed by atoms with E-state index in [1.54, 1.807) is 21.9 Å². The normalized spacial score (nSPS) is 22.0. The third-order valence-electron chi connectivity index (χ3n) is 6.14. The van der Waals surface area contributed by atoms with Gasteiger partial charge in [0.25, 0.3) is 0 Å². The van der Waals surface area contributed by atoms with Crippen LogP contribution >= 0.6 is 0 Å². The summed E-state index contributed by atoms with van der Waals surface area (Å²) in [5.74, 6) is 2.36. The number of allylic oxidation sites excluding steroid dienone is 4. The molecule has 0 saturated heterocycles. The Balaban J connectivity index is 0.00000182. The molecule has 0 radical (unpaired) electrons. The minimum Gasteiger partial charge on any atom is -1.00 e. The van der Waals surface area contributed by atoms with Crippen LogP contribution in [0.4, 0.5) is 0 Å². The number of halogens is 3. The standard InChI is InChI=1S/C23H25Si.3ClH.Ti/c1-18-22-16-10-9-11-19(22)17-23(18,2)24(20-12-5-3-6-13-20)21-14-7-4-8-15-21;;;;/h3-10,12-16,19,24H,11,17H2,1-2H3;3*1H;/q-1;;;;+4/p-3. The molecule has 0 nitrogen and oxygen atoms in total. The zero-order valence-electron chi connectivity index (χ0n) is 16.2. The first-order valence-corrected chi connectivity index (χ1v) is 10.7. The zero-order chi connectivity index (χ0) is 16.6. The first-order valence-electron chi connectivity index (χ1n) is 9.01. The van der Waals surface area contributed by atoms with Crippen molar-refractivity contribution in [2.45, 2.75) is 31.7 Å². The molecule has 0 aliphatic heterocycles. The van der Waals surface area contributed by atoms with Crippen LogP contribution in [0.5, 0.6) is 0 Å².